The normalized spacial score (nSPS) is 16.4. The van der Waals surface area contributed by atoms with E-state index in [0.29, 0.717) is 17.6 Å². The number of aromatic hydroxyl groups is 1. The quantitative estimate of drug-likeness (QED) is 0.435. The molecule has 172 valence electrons. The Balaban J connectivity index is 0.000000346. The number of phenols is 1. The third kappa shape index (κ3) is 7.32. The standard InChI is InChI=1S/C17H32O2.C10H14O/c1-6-16(4,5)15(18)19-17(7-2,8-3)14-12-10-9-11-13-14;1-3-8(2)9-4-6-10(11)7-5-9/h14H,6-13H2,1-5H3;4-8,11H,3H2,1-2H3. The first-order chi connectivity index (χ1) is 14.2. The molecule has 0 saturated heterocycles. The van der Waals surface area contributed by atoms with E-state index >= 15 is 0 Å². The van der Waals surface area contributed by atoms with Crippen LogP contribution in [0.1, 0.15) is 118 Å². The third-order valence-electron chi connectivity index (χ3n) is 7.35. The second kappa shape index (κ2) is 12.4. The monoisotopic (exact) mass is 418 g/mol. The molecule has 0 amide bonds. The number of carbonyl (C=O) groups excluding carboxylic acids is 1. The minimum atomic E-state index is -0.357. The molecule has 1 aliphatic rings. The van der Waals surface area contributed by atoms with Gasteiger partial charge in [-0.2, -0.15) is 0 Å². The fourth-order valence-corrected chi connectivity index (χ4v) is 4.19. The summed E-state index contributed by atoms with van der Waals surface area (Å²) in [6.07, 6.45) is 10.2. The van der Waals surface area contributed by atoms with Crippen LogP contribution in [-0.2, 0) is 9.53 Å². The van der Waals surface area contributed by atoms with Gasteiger partial charge in [-0.1, -0.05) is 66.0 Å². The lowest BCUT2D eigenvalue weighted by molar-refractivity contribution is -0.180. The summed E-state index contributed by atoms with van der Waals surface area (Å²) < 4.78 is 6.09. The van der Waals surface area contributed by atoms with Crippen molar-refractivity contribution in [2.24, 2.45) is 11.3 Å². The van der Waals surface area contributed by atoms with Gasteiger partial charge in [0, 0.05) is 0 Å². The summed E-state index contributed by atoms with van der Waals surface area (Å²) >= 11 is 0. The highest BCUT2D eigenvalue weighted by Gasteiger charge is 2.42. The van der Waals surface area contributed by atoms with Gasteiger partial charge in [-0.3, -0.25) is 4.79 Å². The second-order valence-corrected chi connectivity index (χ2v) is 9.63. The van der Waals surface area contributed by atoms with Crippen molar-refractivity contribution in [1.82, 2.24) is 0 Å². The number of ether oxygens (including phenoxy) is 1. The Morgan fingerprint density at radius 3 is 1.97 bits per heavy atom. The van der Waals surface area contributed by atoms with E-state index < -0.39 is 0 Å². The number of esters is 1. The summed E-state index contributed by atoms with van der Waals surface area (Å²) in [5, 5.41) is 9.01. The zero-order chi connectivity index (χ0) is 22.8. The molecule has 3 nitrogen and oxygen atoms in total. The van der Waals surface area contributed by atoms with Crippen molar-refractivity contribution in [3.8, 4) is 5.75 Å². The second-order valence-electron chi connectivity index (χ2n) is 9.63. The van der Waals surface area contributed by atoms with Gasteiger partial charge in [-0.15, -0.1) is 0 Å². The lowest BCUT2D eigenvalue weighted by Gasteiger charge is -2.42. The Bertz CT molecular complexity index is 608. The highest BCUT2D eigenvalue weighted by Crippen LogP contribution is 2.41. The number of hydrogen-bond donors (Lipinski definition) is 1. The van der Waals surface area contributed by atoms with Gasteiger partial charge in [0.25, 0.3) is 0 Å². The van der Waals surface area contributed by atoms with Gasteiger partial charge in [0.2, 0.25) is 0 Å². The number of carbonyl (C=O) groups is 1. The zero-order valence-electron chi connectivity index (χ0n) is 20.6. The fraction of sp³-hybridized carbons (Fsp3) is 0.741. The molecular formula is C27H46O3. The van der Waals surface area contributed by atoms with Gasteiger partial charge < -0.3 is 9.84 Å². The molecule has 1 N–H and O–H groups in total. The van der Waals surface area contributed by atoms with Crippen molar-refractivity contribution in [2.45, 2.75) is 118 Å². The van der Waals surface area contributed by atoms with Crippen LogP contribution < -0.4 is 0 Å². The average Bonchev–Trinajstić information content (AvgIpc) is 2.78. The molecule has 0 aliphatic heterocycles. The van der Waals surface area contributed by atoms with Crippen molar-refractivity contribution in [1.29, 1.82) is 0 Å². The Morgan fingerprint density at radius 2 is 1.53 bits per heavy atom. The smallest absolute Gasteiger partial charge is 0.312 e. The highest BCUT2D eigenvalue weighted by atomic mass is 16.6. The first kappa shape index (κ1) is 26.5. The lowest BCUT2D eigenvalue weighted by Crippen LogP contribution is -2.45. The van der Waals surface area contributed by atoms with Crippen molar-refractivity contribution in [3.05, 3.63) is 29.8 Å². The molecule has 1 aromatic carbocycles. The minimum Gasteiger partial charge on any atom is -0.508 e. The molecular weight excluding hydrogens is 372 g/mol. The lowest BCUT2D eigenvalue weighted by atomic mass is 9.73. The maximum absolute atomic E-state index is 12.4. The van der Waals surface area contributed by atoms with Crippen LogP contribution in [0.5, 0.6) is 5.75 Å². The minimum absolute atomic E-state index is 0.00993. The number of phenolic OH excluding ortho intramolecular Hbond substituents is 1. The molecule has 1 aliphatic carbocycles. The first-order valence-electron chi connectivity index (χ1n) is 12.2. The van der Waals surface area contributed by atoms with Crippen molar-refractivity contribution >= 4 is 5.97 Å². The Kier molecular flexibility index (Phi) is 10.9. The average molecular weight is 419 g/mol. The first-order valence-corrected chi connectivity index (χ1v) is 12.2. The molecule has 1 saturated carbocycles. The summed E-state index contributed by atoms with van der Waals surface area (Å²) in [4.78, 5) is 12.4. The van der Waals surface area contributed by atoms with Crippen LogP contribution in [0.2, 0.25) is 0 Å². The van der Waals surface area contributed by atoms with E-state index in [1.165, 1.54) is 37.7 Å². The summed E-state index contributed by atoms with van der Waals surface area (Å²) in [6, 6.07) is 7.43. The van der Waals surface area contributed by atoms with E-state index in [9.17, 15) is 4.79 Å². The van der Waals surface area contributed by atoms with Gasteiger partial charge in [0.15, 0.2) is 0 Å². The van der Waals surface area contributed by atoms with Crippen LogP contribution in [0.3, 0.4) is 0 Å². The van der Waals surface area contributed by atoms with Gasteiger partial charge in [0.05, 0.1) is 5.41 Å². The number of rotatable bonds is 8. The molecule has 0 heterocycles. The Morgan fingerprint density at radius 1 is 1.00 bits per heavy atom. The van der Waals surface area contributed by atoms with Crippen molar-refractivity contribution in [3.63, 3.8) is 0 Å². The van der Waals surface area contributed by atoms with Gasteiger partial charge in [0.1, 0.15) is 11.4 Å². The Labute approximate surface area is 185 Å². The molecule has 2 rings (SSSR count). The number of hydrogen-bond acceptors (Lipinski definition) is 3. The van der Waals surface area contributed by atoms with Crippen molar-refractivity contribution < 1.29 is 14.6 Å². The molecule has 0 spiro atoms. The van der Waals surface area contributed by atoms with E-state index in [1.54, 1.807) is 12.1 Å². The molecule has 1 aromatic rings. The highest BCUT2D eigenvalue weighted by molar-refractivity contribution is 5.76. The maximum atomic E-state index is 12.4. The third-order valence-corrected chi connectivity index (χ3v) is 7.35. The number of benzene rings is 1. The summed E-state index contributed by atoms with van der Waals surface area (Å²) in [5.74, 6) is 1.49. The Hall–Kier alpha value is -1.51. The molecule has 1 fully saturated rings. The van der Waals surface area contributed by atoms with Crippen molar-refractivity contribution in [2.75, 3.05) is 0 Å². The van der Waals surface area contributed by atoms with E-state index in [1.807, 2.05) is 26.0 Å². The van der Waals surface area contributed by atoms with Gasteiger partial charge in [-0.25, -0.2) is 0 Å². The van der Waals surface area contributed by atoms with Gasteiger partial charge in [-0.05, 0) is 81.9 Å². The zero-order valence-corrected chi connectivity index (χ0v) is 20.6. The molecule has 1 unspecified atom stereocenters. The van der Waals surface area contributed by atoms with E-state index in [4.69, 9.17) is 9.84 Å². The predicted octanol–water partition coefficient (Wildman–Crippen LogP) is 8.01. The fourth-order valence-electron chi connectivity index (χ4n) is 4.19. The molecule has 1 atom stereocenters. The van der Waals surface area contributed by atoms with Crippen LogP contribution in [0, 0.1) is 11.3 Å². The summed E-state index contributed by atoms with van der Waals surface area (Å²) in [5.41, 5.74) is 0.721. The van der Waals surface area contributed by atoms with Crippen LogP contribution in [0.25, 0.3) is 0 Å². The predicted molar refractivity (Wildman–Crippen MR) is 127 cm³/mol. The molecule has 30 heavy (non-hydrogen) atoms. The molecule has 0 bridgehead atoms. The summed E-state index contributed by atoms with van der Waals surface area (Å²) in [7, 11) is 0. The maximum Gasteiger partial charge on any atom is 0.312 e. The van der Waals surface area contributed by atoms with Crippen LogP contribution in [-0.4, -0.2) is 16.7 Å². The van der Waals surface area contributed by atoms with E-state index in [-0.39, 0.29) is 17.0 Å². The largest absolute Gasteiger partial charge is 0.508 e. The molecule has 3 heteroatoms. The van der Waals surface area contributed by atoms with Gasteiger partial charge >= 0.3 is 5.97 Å². The van der Waals surface area contributed by atoms with Crippen LogP contribution in [0.15, 0.2) is 24.3 Å². The van der Waals surface area contributed by atoms with Crippen LogP contribution >= 0.6 is 0 Å². The van der Waals surface area contributed by atoms with Crippen LogP contribution in [0.4, 0.5) is 0 Å². The van der Waals surface area contributed by atoms with E-state index in [2.05, 4.69) is 34.6 Å². The summed E-state index contributed by atoms with van der Waals surface area (Å²) in [6.45, 7) is 14.7. The van der Waals surface area contributed by atoms with E-state index in [0.717, 1.165) is 25.7 Å². The SMILES string of the molecule is CCC(C)(C)C(=O)OC(CC)(CC)C1CCCCC1.CCC(C)c1ccc(O)cc1. The molecule has 0 radical (unpaired) electrons. The molecule has 0 aromatic heterocycles. The topological polar surface area (TPSA) is 46.5 Å².